The number of benzene rings is 1. The molecule has 0 aliphatic carbocycles. The summed E-state index contributed by atoms with van der Waals surface area (Å²) < 4.78 is 0. The molecule has 1 aromatic rings. The molecule has 2 heteroatoms. The number of hydrogen-bond acceptors (Lipinski definition) is 0. The highest BCUT2D eigenvalue weighted by Gasteiger charge is 2.04. The number of halogens is 2. The molecule has 1 aromatic carbocycles. The van der Waals surface area contributed by atoms with Crippen molar-refractivity contribution in [3.8, 4) is 0 Å². The Morgan fingerprint density at radius 2 is 1.79 bits per heavy atom. The molecular formula is C12H16Cl2. The summed E-state index contributed by atoms with van der Waals surface area (Å²) in [6.07, 6.45) is 4.22. The van der Waals surface area contributed by atoms with Crippen molar-refractivity contribution in [3.05, 3.63) is 35.9 Å². The second-order valence-corrected chi connectivity index (χ2v) is 4.47. The lowest BCUT2D eigenvalue weighted by Gasteiger charge is -2.08. The fourth-order valence-electron chi connectivity index (χ4n) is 1.43. The van der Waals surface area contributed by atoms with E-state index in [1.165, 1.54) is 5.56 Å². The first-order chi connectivity index (χ1) is 6.83. The van der Waals surface area contributed by atoms with Crippen molar-refractivity contribution < 1.29 is 0 Å². The molecule has 0 radical (unpaired) electrons. The van der Waals surface area contributed by atoms with Crippen LogP contribution in [0.25, 0.3) is 0 Å². The topological polar surface area (TPSA) is 0 Å². The Morgan fingerprint density at radius 1 is 1.07 bits per heavy atom. The van der Waals surface area contributed by atoms with Gasteiger partial charge in [-0.05, 0) is 24.8 Å². The monoisotopic (exact) mass is 230 g/mol. The van der Waals surface area contributed by atoms with Crippen molar-refractivity contribution in [1.82, 2.24) is 0 Å². The molecule has 0 aromatic heterocycles. The first-order valence-corrected chi connectivity index (χ1v) is 6.04. The van der Waals surface area contributed by atoms with Crippen molar-refractivity contribution >= 4 is 23.2 Å². The van der Waals surface area contributed by atoms with Crippen LogP contribution in [0.15, 0.2) is 30.3 Å². The molecule has 0 spiro atoms. The Bertz CT molecular complexity index is 233. The summed E-state index contributed by atoms with van der Waals surface area (Å²) >= 11 is 11.8. The second kappa shape index (κ2) is 7.14. The van der Waals surface area contributed by atoms with Crippen molar-refractivity contribution in [2.75, 3.05) is 5.88 Å². The third-order valence-corrected chi connectivity index (χ3v) is 2.84. The number of rotatable bonds is 6. The van der Waals surface area contributed by atoms with Crippen molar-refractivity contribution in [2.24, 2.45) is 0 Å². The van der Waals surface area contributed by atoms with Gasteiger partial charge in [0.1, 0.15) is 0 Å². The Morgan fingerprint density at radius 3 is 2.43 bits per heavy atom. The molecule has 0 aliphatic rings. The minimum absolute atomic E-state index is 0.251. The van der Waals surface area contributed by atoms with Gasteiger partial charge in [-0.25, -0.2) is 0 Å². The Hall–Kier alpha value is -0.200. The molecule has 0 heterocycles. The summed E-state index contributed by atoms with van der Waals surface area (Å²) in [5.74, 6) is 0.745. The molecule has 0 N–H and O–H groups in total. The van der Waals surface area contributed by atoms with E-state index in [9.17, 15) is 0 Å². The van der Waals surface area contributed by atoms with Gasteiger partial charge in [-0.1, -0.05) is 36.8 Å². The van der Waals surface area contributed by atoms with Crippen molar-refractivity contribution in [2.45, 2.75) is 31.1 Å². The molecular weight excluding hydrogens is 215 g/mol. The second-order valence-electron chi connectivity index (χ2n) is 3.47. The molecule has 0 amide bonds. The summed E-state index contributed by atoms with van der Waals surface area (Å²) in [6.45, 7) is 0. The first-order valence-electron chi connectivity index (χ1n) is 5.07. The highest BCUT2D eigenvalue weighted by molar-refractivity contribution is 6.20. The summed E-state index contributed by atoms with van der Waals surface area (Å²) in [6, 6.07) is 10.4. The number of unbranched alkanes of at least 4 members (excludes halogenated alkanes) is 1. The standard InChI is InChI=1S/C12H16Cl2/c13-9-5-4-8-12(14)10-11-6-2-1-3-7-11/h1-3,6-7,12H,4-5,8-10H2. The van der Waals surface area contributed by atoms with Crippen LogP contribution in [-0.2, 0) is 6.42 Å². The van der Waals surface area contributed by atoms with Gasteiger partial charge >= 0.3 is 0 Å². The van der Waals surface area contributed by atoms with Crippen molar-refractivity contribution in [3.63, 3.8) is 0 Å². The van der Waals surface area contributed by atoms with Gasteiger partial charge in [0.2, 0.25) is 0 Å². The third kappa shape index (κ3) is 4.88. The average molecular weight is 231 g/mol. The molecule has 0 saturated heterocycles. The van der Waals surface area contributed by atoms with Gasteiger partial charge in [-0.3, -0.25) is 0 Å². The number of alkyl halides is 2. The van der Waals surface area contributed by atoms with Crippen LogP contribution in [0.2, 0.25) is 0 Å². The van der Waals surface area contributed by atoms with Crippen LogP contribution in [0, 0.1) is 0 Å². The maximum Gasteiger partial charge on any atom is 0.0376 e. The zero-order chi connectivity index (χ0) is 10.2. The van der Waals surface area contributed by atoms with Crippen LogP contribution < -0.4 is 0 Å². The van der Waals surface area contributed by atoms with Crippen LogP contribution in [0.3, 0.4) is 0 Å². The lowest BCUT2D eigenvalue weighted by Crippen LogP contribution is -2.03. The van der Waals surface area contributed by atoms with Gasteiger partial charge < -0.3 is 0 Å². The fraction of sp³-hybridized carbons (Fsp3) is 0.500. The van der Waals surface area contributed by atoms with Crippen LogP contribution in [-0.4, -0.2) is 11.3 Å². The van der Waals surface area contributed by atoms with E-state index in [2.05, 4.69) is 24.3 Å². The molecule has 1 atom stereocenters. The summed E-state index contributed by atoms with van der Waals surface area (Å²) in [5.41, 5.74) is 1.32. The maximum atomic E-state index is 6.21. The van der Waals surface area contributed by atoms with Crippen molar-refractivity contribution in [1.29, 1.82) is 0 Å². The SMILES string of the molecule is ClCCCCC(Cl)Cc1ccccc1. The van der Waals surface area contributed by atoms with Crippen LogP contribution in [0.4, 0.5) is 0 Å². The van der Waals surface area contributed by atoms with Gasteiger partial charge in [0.15, 0.2) is 0 Å². The Labute approximate surface area is 96.2 Å². The minimum atomic E-state index is 0.251. The van der Waals surface area contributed by atoms with E-state index in [1.54, 1.807) is 0 Å². The van der Waals surface area contributed by atoms with Gasteiger partial charge in [0, 0.05) is 11.3 Å². The van der Waals surface area contributed by atoms with E-state index in [1.807, 2.05) is 6.07 Å². The van der Waals surface area contributed by atoms with E-state index in [4.69, 9.17) is 23.2 Å². The number of hydrogen-bond donors (Lipinski definition) is 0. The first kappa shape index (κ1) is 11.9. The summed E-state index contributed by atoms with van der Waals surface area (Å²) in [7, 11) is 0. The quantitative estimate of drug-likeness (QED) is 0.507. The third-order valence-electron chi connectivity index (χ3n) is 2.20. The van der Waals surface area contributed by atoms with Gasteiger partial charge in [-0.2, -0.15) is 0 Å². The van der Waals surface area contributed by atoms with Crippen LogP contribution in [0.5, 0.6) is 0 Å². The van der Waals surface area contributed by atoms with E-state index >= 15 is 0 Å². The molecule has 0 fully saturated rings. The van der Waals surface area contributed by atoms with Crippen LogP contribution >= 0.6 is 23.2 Å². The average Bonchev–Trinajstić information content (AvgIpc) is 2.20. The molecule has 78 valence electrons. The zero-order valence-electron chi connectivity index (χ0n) is 8.26. The fourth-order valence-corrected chi connectivity index (χ4v) is 1.95. The largest absolute Gasteiger partial charge is 0.127 e. The van der Waals surface area contributed by atoms with E-state index < -0.39 is 0 Å². The smallest absolute Gasteiger partial charge is 0.0376 e. The molecule has 0 saturated carbocycles. The highest BCUT2D eigenvalue weighted by Crippen LogP contribution is 2.14. The van der Waals surface area contributed by atoms with E-state index in [-0.39, 0.29) is 5.38 Å². The van der Waals surface area contributed by atoms with E-state index in [0.717, 1.165) is 31.6 Å². The Balaban J connectivity index is 2.23. The van der Waals surface area contributed by atoms with Gasteiger partial charge in [-0.15, -0.1) is 23.2 Å². The minimum Gasteiger partial charge on any atom is -0.127 e. The molecule has 1 rings (SSSR count). The summed E-state index contributed by atoms with van der Waals surface area (Å²) in [5, 5.41) is 0.251. The van der Waals surface area contributed by atoms with Gasteiger partial charge in [0.25, 0.3) is 0 Å². The van der Waals surface area contributed by atoms with E-state index in [0.29, 0.717) is 0 Å². The Kier molecular flexibility index (Phi) is 6.05. The predicted octanol–water partition coefficient (Wildman–Crippen LogP) is 4.25. The molecule has 0 nitrogen and oxygen atoms in total. The normalized spacial score (nSPS) is 12.7. The molecule has 0 aliphatic heterocycles. The lowest BCUT2D eigenvalue weighted by atomic mass is 10.1. The lowest BCUT2D eigenvalue weighted by molar-refractivity contribution is 0.676. The summed E-state index contributed by atoms with van der Waals surface area (Å²) in [4.78, 5) is 0. The predicted molar refractivity (Wildman–Crippen MR) is 64.4 cm³/mol. The van der Waals surface area contributed by atoms with Crippen LogP contribution in [0.1, 0.15) is 24.8 Å². The highest BCUT2D eigenvalue weighted by atomic mass is 35.5. The zero-order valence-corrected chi connectivity index (χ0v) is 9.77. The molecule has 14 heavy (non-hydrogen) atoms. The molecule has 0 bridgehead atoms. The molecule has 1 unspecified atom stereocenters. The van der Waals surface area contributed by atoms with Gasteiger partial charge in [0.05, 0.1) is 0 Å². The maximum absolute atomic E-state index is 6.21.